The minimum absolute atomic E-state index is 0.321. The highest BCUT2D eigenvalue weighted by atomic mass is 35.5. The zero-order chi connectivity index (χ0) is 13.8. The first-order chi connectivity index (χ1) is 8.29. The number of ether oxygens (including phenoxy) is 1. The Balaban J connectivity index is 2.52. The van der Waals surface area contributed by atoms with Crippen molar-refractivity contribution in [1.29, 1.82) is 0 Å². The van der Waals surface area contributed by atoms with Crippen molar-refractivity contribution in [2.24, 2.45) is 0 Å². The molecule has 0 aliphatic heterocycles. The molecule has 100 valence electrons. The molecule has 1 atom stereocenters. The lowest BCUT2D eigenvalue weighted by Crippen LogP contribution is -2.23. The molecule has 1 unspecified atom stereocenters. The van der Waals surface area contributed by atoms with Gasteiger partial charge in [-0.05, 0) is 19.1 Å². The van der Waals surface area contributed by atoms with Crippen LogP contribution in [0, 0.1) is 0 Å². The summed E-state index contributed by atoms with van der Waals surface area (Å²) in [7, 11) is 0. The summed E-state index contributed by atoms with van der Waals surface area (Å²) in [6.07, 6.45) is -6.27. The third-order valence-corrected chi connectivity index (χ3v) is 2.47. The molecule has 0 aliphatic rings. The molecule has 0 heterocycles. The van der Waals surface area contributed by atoms with E-state index in [0.717, 1.165) is 0 Å². The van der Waals surface area contributed by atoms with Crippen molar-refractivity contribution in [2.45, 2.75) is 25.6 Å². The fraction of sp³-hybridized carbons (Fsp3) is 0.417. The Morgan fingerprint density at radius 1 is 1.44 bits per heavy atom. The standard InChI is InChI=1S/C12H12ClF3O2/c1-8(18-6-5-12(14,15)16)11(17)9-3-2-4-10(13)7-9/h2-4,7-8H,5-6H2,1H3. The Hall–Kier alpha value is -1.07. The molecule has 0 saturated carbocycles. The normalized spacial score (nSPS) is 13.4. The summed E-state index contributed by atoms with van der Waals surface area (Å²) in [6.45, 7) is 0.886. The average Bonchev–Trinajstić information content (AvgIpc) is 2.26. The molecule has 6 heteroatoms. The van der Waals surface area contributed by atoms with Crippen molar-refractivity contribution >= 4 is 17.4 Å². The summed E-state index contributed by atoms with van der Waals surface area (Å²) in [5.41, 5.74) is 0.321. The fourth-order valence-corrected chi connectivity index (χ4v) is 1.49. The van der Waals surface area contributed by atoms with E-state index in [-0.39, 0.29) is 5.78 Å². The number of halogens is 4. The van der Waals surface area contributed by atoms with Crippen LogP contribution in [0.3, 0.4) is 0 Å². The first kappa shape index (κ1) is 15.0. The molecule has 0 N–H and O–H groups in total. The third-order valence-electron chi connectivity index (χ3n) is 2.23. The van der Waals surface area contributed by atoms with Crippen LogP contribution in [-0.2, 0) is 4.74 Å². The van der Waals surface area contributed by atoms with Crippen molar-refractivity contribution in [3.63, 3.8) is 0 Å². The predicted molar refractivity (Wildman–Crippen MR) is 61.9 cm³/mol. The van der Waals surface area contributed by atoms with Crippen LogP contribution in [-0.4, -0.2) is 24.7 Å². The molecule has 0 radical (unpaired) electrons. The quantitative estimate of drug-likeness (QED) is 0.765. The van der Waals surface area contributed by atoms with Crippen molar-refractivity contribution < 1.29 is 22.7 Å². The largest absolute Gasteiger partial charge is 0.391 e. The van der Waals surface area contributed by atoms with Gasteiger partial charge in [0.25, 0.3) is 0 Å². The van der Waals surface area contributed by atoms with E-state index < -0.39 is 25.3 Å². The first-order valence-electron chi connectivity index (χ1n) is 5.28. The monoisotopic (exact) mass is 280 g/mol. The van der Waals surface area contributed by atoms with Gasteiger partial charge in [0, 0.05) is 10.6 Å². The van der Waals surface area contributed by atoms with Gasteiger partial charge in [-0.1, -0.05) is 23.7 Å². The number of carbonyl (C=O) groups excluding carboxylic acids is 1. The topological polar surface area (TPSA) is 26.3 Å². The average molecular weight is 281 g/mol. The molecule has 1 aromatic rings. The highest BCUT2D eigenvalue weighted by Gasteiger charge is 2.27. The summed E-state index contributed by atoms with van der Waals surface area (Å²) in [5, 5.41) is 0.392. The van der Waals surface area contributed by atoms with Gasteiger partial charge in [0.1, 0.15) is 6.10 Å². The number of rotatable bonds is 5. The van der Waals surface area contributed by atoms with Crippen molar-refractivity contribution in [2.75, 3.05) is 6.61 Å². The molecule has 1 aromatic carbocycles. The van der Waals surface area contributed by atoms with Crippen LogP contribution in [0.5, 0.6) is 0 Å². The fourth-order valence-electron chi connectivity index (χ4n) is 1.30. The lowest BCUT2D eigenvalue weighted by Gasteiger charge is -2.13. The van der Waals surface area contributed by atoms with Crippen LogP contribution in [0.2, 0.25) is 5.02 Å². The van der Waals surface area contributed by atoms with Crippen LogP contribution in [0.25, 0.3) is 0 Å². The van der Waals surface area contributed by atoms with Gasteiger partial charge < -0.3 is 4.74 Å². The van der Waals surface area contributed by atoms with E-state index in [1.165, 1.54) is 19.1 Å². The first-order valence-corrected chi connectivity index (χ1v) is 5.65. The van der Waals surface area contributed by atoms with Gasteiger partial charge in [0.2, 0.25) is 0 Å². The molecule has 0 amide bonds. The third kappa shape index (κ3) is 5.06. The van der Waals surface area contributed by atoms with E-state index in [1.807, 2.05) is 0 Å². The van der Waals surface area contributed by atoms with Gasteiger partial charge in [0.05, 0.1) is 13.0 Å². The maximum atomic E-state index is 11.9. The second kappa shape index (κ2) is 6.20. The van der Waals surface area contributed by atoms with Gasteiger partial charge in [-0.3, -0.25) is 4.79 Å². The van der Waals surface area contributed by atoms with E-state index in [0.29, 0.717) is 10.6 Å². The van der Waals surface area contributed by atoms with E-state index in [1.54, 1.807) is 12.1 Å². The zero-order valence-electron chi connectivity index (χ0n) is 9.63. The molecule has 0 bridgehead atoms. The highest BCUT2D eigenvalue weighted by Crippen LogP contribution is 2.20. The number of hydrogen-bond donors (Lipinski definition) is 0. The Morgan fingerprint density at radius 2 is 2.11 bits per heavy atom. The van der Waals surface area contributed by atoms with Gasteiger partial charge in [-0.15, -0.1) is 0 Å². The minimum Gasteiger partial charge on any atom is -0.370 e. The van der Waals surface area contributed by atoms with Gasteiger partial charge in [0.15, 0.2) is 5.78 Å². The molecule has 0 fully saturated rings. The molecule has 0 saturated heterocycles. The SMILES string of the molecule is CC(OCCC(F)(F)F)C(=O)c1cccc(Cl)c1. The molecular weight excluding hydrogens is 269 g/mol. The Kier molecular flexibility index (Phi) is 5.16. The Morgan fingerprint density at radius 3 is 2.67 bits per heavy atom. The van der Waals surface area contributed by atoms with Crippen LogP contribution in [0.4, 0.5) is 13.2 Å². The maximum absolute atomic E-state index is 11.9. The number of alkyl halides is 3. The molecule has 0 aliphatic carbocycles. The molecule has 0 aromatic heterocycles. The molecule has 2 nitrogen and oxygen atoms in total. The van der Waals surface area contributed by atoms with E-state index in [2.05, 4.69) is 0 Å². The predicted octanol–water partition coefficient (Wildman–Crippen LogP) is 3.88. The van der Waals surface area contributed by atoms with Crippen LogP contribution < -0.4 is 0 Å². The smallest absolute Gasteiger partial charge is 0.370 e. The second-order valence-electron chi connectivity index (χ2n) is 3.75. The molecule has 18 heavy (non-hydrogen) atoms. The van der Waals surface area contributed by atoms with Crippen molar-refractivity contribution in [3.05, 3.63) is 34.9 Å². The number of hydrogen-bond acceptors (Lipinski definition) is 2. The van der Waals surface area contributed by atoms with E-state index in [4.69, 9.17) is 16.3 Å². The summed E-state index contributed by atoms with van der Waals surface area (Å²) in [4.78, 5) is 11.8. The lowest BCUT2D eigenvalue weighted by atomic mass is 10.1. The zero-order valence-corrected chi connectivity index (χ0v) is 10.4. The summed E-state index contributed by atoms with van der Waals surface area (Å²) >= 11 is 5.72. The molecular formula is C12H12ClF3O2. The summed E-state index contributed by atoms with van der Waals surface area (Å²) in [6, 6.07) is 6.19. The summed E-state index contributed by atoms with van der Waals surface area (Å²) in [5.74, 6) is -0.389. The second-order valence-corrected chi connectivity index (χ2v) is 4.19. The van der Waals surface area contributed by atoms with Gasteiger partial charge in [-0.25, -0.2) is 0 Å². The van der Waals surface area contributed by atoms with E-state index >= 15 is 0 Å². The van der Waals surface area contributed by atoms with E-state index in [9.17, 15) is 18.0 Å². The van der Waals surface area contributed by atoms with Gasteiger partial charge in [-0.2, -0.15) is 13.2 Å². The number of carbonyl (C=O) groups is 1. The Labute approximate surface area is 108 Å². The Bertz CT molecular complexity index is 418. The van der Waals surface area contributed by atoms with Gasteiger partial charge >= 0.3 is 6.18 Å². The highest BCUT2D eigenvalue weighted by molar-refractivity contribution is 6.31. The number of ketones is 1. The molecule has 1 rings (SSSR count). The number of benzene rings is 1. The van der Waals surface area contributed by atoms with Crippen LogP contribution in [0.15, 0.2) is 24.3 Å². The summed E-state index contributed by atoms with van der Waals surface area (Å²) < 4.78 is 40.6. The lowest BCUT2D eigenvalue weighted by molar-refractivity contribution is -0.146. The minimum atomic E-state index is -4.28. The number of Topliss-reactive ketones (excluding diaryl/α,β-unsaturated/α-hetero) is 1. The van der Waals surface area contributed by atoms with Crippen molar-refractivity contribution in [1.82, 2.24) is 0 Å². The van der Waals surface area contributed by atoms with Crippen molar-refractivity contribution in [3.8, 4) is 0 Å². The van der Waals surface area contributed by atoms with Crippen LogP contribution in [0.1, 0.15) is 23.7 Å². The van der Waals surface area contributed by atoms with Crippen LogP contribution >= 0.6 is 11.6 Å². The molecule has 0 spiro atoms. The maximum Gasteiger partial charge on any atom is 0.391 e.